The van der Waals surface area contributed by atoms with Gasteiger partial charge in [-0.15, -0.1) is 0 Å². The van der Waals surface area contributed by atoms with Crippen LogP contribution in [0.3, 0.4) is 0 Å². The zero-order valence-electron chi connectivity index (χ0n) is 11.8. The van der Waals surface area contributed by atoms with Gasteiger partial charge < -0.3 is 15.1 Å². The van der Waals surface area contributed by atoms with Gasteiger partial charge in [-0.05, 0) is 45.4 Å². The van der Waals surface area contributed by atoms with E-state index in [0.717, 1.165) is 42.1 Å². The van der Waals surface area contributed by atoms with Gasteiger partial charge in [0.25, 0.3) is 0 Å². The summed E-state index contributed by atoms with van der Waals surface area (Å²) in [6.07, 6.45) is 2.28. The second kappa shape index (κ2) is 4.53. The van der Waals surface area contributed by atoms with Crippen LogP contribution in [-0.4, -0.2) is 23.1 Å². The molecule has 0 amide bonds. The number of anilines is 1. The predicted octanol–water partition coefficient (Wildman–Crippen LogP) is 3.08. The Morgan fingerprint density at radius 2 is 2.26 bits per heavy atom. The number of piperidine rings is 1. The lowest BCUT2D eigenvalue weighted by Crippen LogP contribution is -2.49. The van der Waals surface area contributed by atoms with Crippen LogP contribution in [0.4, 0.5) is 5.69 Å². The summed E-state index contributed by atoms with van der Waals surface area (Å²) in [5.41, 5.74) is 3.11. The maximum absolute atomic E-state index is 5.58. The fraction of sp³-hybridized carbons (Fsp3) is 0.533. The number of benzene rings is 1. The normalized spacial score (nSPS) is 22.6. The van der Waals surface area contributed by atoms with Gasteiger partial charge in [-0.2, -0.15) is 0 Å². The number of nitrogens with zero attached hydrogens (tertiary/aromatic N) is 1. The number of rotatable bonds is 2. The SMILES string of the molecule is Cc1nc2ccc(NC3CCNC(C)(C)C3)cc2o1. The summed E-state index contributed by atoms with van der Waals surface area (Å²) in [7, 11) is 0. The van der Waals surface area contributed by atoms with E-state index in [2.05, 4.69) is 35.5 Å². The molecule has 1 aromatic heterocycles. The molecule has 1 unspecified atom stereocenters. The quantitative estimate of drug-likeness (QED) is 0.870. The van der Waals surface area contributed by atoms with E-state index in [-0.39, 0.29) is 5.54 Å². The van der Waals surface area contributed by atoms with Crippen LogP contribution in [0.1, 0.15) is 32.6 Å². The minimum Gasteiger partial charge on any atom is -0.441 e. The van der Waals surface area contributed by atoms with Crippen LogP contribution in [0.25, 0.3) is 11.1 Å². The first-order chi connectivity index (χ1) is 9.02. The van der Waals surface area contributed by atoms with E-state index in [1.165, 1.54) is 0 Å². The van der Waals surface area contributed by atoms with Crippen LogP contribution in [0, 0.1) is 6.92 Å². The number of fused-ring (bicyclic) bond motifs is 1. The molecule has 0 spiro atoms. The zero-order valence-corrected chi connectivity index (χ0v) is 11.8. The molecule has 0 saturated carbocycles. The third kappa shape index (κ3) is 2.73. The number of nitrogens with one attached hydrogen (secondary N) is 2. The minimum atomic E-state index is 0.211. The molecular formula is C15H21N3O. The Kier molecular flexibility index (Phi) is 2.97. The molecule has 4 nitrogen and oxygen atoms in total. The molecule has 0 aliphatic carbocycles. The summed E-state index contributed by atoms with van der Waals surface area (Å²) in [5, 5.41) is 7.15. The molecule has 102 valence electrons. The molecule has 1 aromatic carbocycles. The molecule has 0 radical (unpaired) electrons. The summed E-state index contributed by atoms with van der Waals surface area (Å²) < 4.78 is 5.58. The summed E-state index contributed by atoms with van der Waals surface area (Å²) in [5.74, 6) is 0.718. The average Bonchev–Trinajstić information content (AvgIpc) is 2.67. The van der Waals surface area contributed by atoms with Crippen LogP contribution in [-0.2, 0) is 0 Å². The molecule has 19 heavy (non-hydrogen) atoms. The van der Waals surface area contributed by atoms with E-state index in [9.17, 15) is 0 Å². The topological polar surface area (TPSA) is 50.1 Å². The van der Waals surface area contributed by atoms with Crippen LogP contribution in [0.5, 0.6) is 0 Å². The van der Waals surface area contributed by atoms with Crippen LogP contribution >= 0.6 is 0 Å². The Morgan fingerprint density at radius 3 is 3.05 bits per heavy atom. The standard InChI is InChI=1S/C15H21N3O/c1-10-17-13-5-4-11(8-14(13)19-10)18-12-6-7-16-15(2,3)9-12/h4-5,8,12,16,18H,6-7,9H2,1-3H3. The molecule has 2 N–H and O–H groups in total. The Balaban J connectivity index is 1.77. The van der Waals surface area contributed by atoms with Crippen molar-refractivity contribution in [3.63, 3.8) is 0 Å². The van der Waals surface area contributed by atoms with Crippen molar-refractivity contribution < 1.29 is 4.42 Å². The maximum atomic E-state index is 5.58. The van der Waals surface area contributed by atoms with E-state index in [4.69, 9.17) is 4.42 Å². The van der Waals surface area contributed by atoms with Gasteiger partial charge in [0.1, 0.15) is 5.52 Å². The molecule has 1 saturated heterocycles. The Bertz CT molecular complexity index is 588. The summed E-state index contributed by atoms with van der Waals surface area (Å²) in [6, 6.07) is 6.65. The molecule has 1 aliphatic heterocycles. The van der Waals surface area contributed by atoms with E-state index in [1.807, 2.05) is 19.1 Å². The van der Waals surface area contributed by atoms with Gasteiger partial charge in [0.2, 0.25) is 0 Å². The van der Waals surface area contributed by atoms with Gasteiger partial charge in [-0.1, -0.05) is 0 Å². The molecule has 1 atom stereocenters. The van der Waals surface area contributed by atoms with E-state index in [0.29, 0.717) is 6.04 Å². The molecule has 4 heteroatoms. The van der Waals surface area contributed by atoms with Crippen LogP contribution in [0.2, 0.25) is 0 Å². The van der Waals surface area contributed by atoms with Gasteiger partial charge >= 0.3 is 0 Å². The summed E-state index contributed by atoms with van der Waals surface area (Å²) in [6.45, 7) is 7.45. The molecule has 1 fully saturated rings. The molecule has 2 heterocycles. The number of aryl methyl sites for hydroxylation is 1. The Labute approximate surface area is 113 Å². The summed E-state index contributed by atoms with van der Waals surface area (Å²) in [4.78, 5) is 4.32. The maximum Gasteiger partial charge on any atom is 0.192 e. The highest BCUT2D eigenvalue weighted by Gasteiger charge is 2.27. The summed E-state index contributed by atoms with van der Waals surface area (Å²) >= 11 is 0. The number of hydrogen-bond donors (Lipinski definition) is 2. The minimum absolute atomic E-state index is 0.211. The molecule has 1 aliphatic rings. The molecule has 0 bridgehead atoms. The lowest BCUT2D eigenvalue weighted by atomic mass is 9.89. The number of oxazole rings is 1. The fourth-order valence-corrected chi connectivity index (χ4v) is 2.86. The van der Waals surface area contributed by atoms with E-state index < -0.39 is 0 Å². The lowest BCUT2D eigenvalue weighted by Gasteiger charge is -2.37. The van der Waals surface area contributed by atoms with Gasteiger partial charge in [-0.3, -0.25) is 0 Å². The first-order valence-corrected chi connectivity index (χ1v) is 6.91. The third-order valence-corrected chi connectivity index (χ3v) is 3.72. The highest BCUT2D eigenvalue weighted by Crippen LogP contribution is 2.24. The van der Waals surface area contributed by atoms with Crippen molar-refractivity contribution in [3.8, 4) is 0 Å². The molecule has 3 rings (SSSR count). The molecular weight excluding hydrogens is 238 g/mol. The van der Waals surface area contributed by atoms with Crippen molar-refractivity contribution in [2.45, 2.75) is 45.2 Å². The fourth-order valence-electron chi connectivity index (χ4n) is 2.86. The first-order valence-electron chi connectivity index (χ1n) is 6.91. The van der Waals surface area contributed by atoms with Crippen LogP contribution < -0.4 is 10.6 Å². The van der Waals surface area contributed by atoms with E-state index in [1.54, 1.807) is 0 Å². The van der Waals surface area contributed by atoms with Gasteiger partial charge in [-0.25, -0.2) is 4.98 Å². The Morgan fingerprint density at radius 1 is 1.42 bits per heavy atom. The Hall–Kier alpha value is -1.55. The van der Waals surface area contributed by atoms with Crippen molar-refractivity contribution in [1.82, 2.24) is 10.3 Å². The third-order valence-electron chi connectivity index (χ3n) is 3.72. The van der Waals surface area contributed by atoms with Gasteiger partial charge in [0.05, 0.1) is 0 Å². The van der Waals surface area contributed by atoms with Crippen molar-refractivity contribution in [2.75, 3.05) is 11.9 Å². The average molecular weight is 259 g/mol. The van der Waals surface area contributed by atoms with Crippen molar-refractivity contribution in [1.29, 1.82) is 0 Å². The highest BCUT2D eigenvalue weighted by molar-refractivity contribution is 5.77. The first kappa shape index (κ1) is 12.5. The van der Waals surface area contributed by atoms with Gasteiger partial charge in [0.15, 0.2) is 11.5 Å². The smallest absolute Gasteiger partial charge is 0.192 e. The largest absolute Gasteiger partial charge is 0.441 e. The van der Waals surface area contributed by atoms with Crippen molar-refractivity contribution in [3.05, 3.63) is 24.1 Å². The zero-order chi connectivity index (χ0) is 13.5. The second-order valence-corrected chi connectivity index (χ2v) is 6.06. The second-order valence-electron chi connectivity index (χ2n) is 6.06. The number of hydrogen-bond acceptors (Lipinski definition) is 4. The van der Waals surface area contributed by atoms with Crippen molar-refractivity contribution >= 4 is 16.8 Å². The van der Waals surface area contributed by atoms with Gasteiger partial charge in [0, 0.05) is 30.3 Å². The number of aromatic nitrogens is 1. The van der Waals surface area contributed by atoms with Crippen molar-refractivity contribution in [2.24, 2.45) is 0 Å². The lowest BCUT2D eigenvalue weighted by molar-refractivity contribution is 0.286. The predicted molar refractivity (Wildman–Crippen MR) is 77.5 cm³/mol. The highest BCUT2D eigenvalue weighted by atomic mass is 16.3. The monoisotopic (exact) mass is 259 g/mol. The van der Waals surface area contributed by atoms with Crippen LogP contribution in [0.15, 0.2) is 22.6 Å². The van der Waals surface area contributed by atoms with E-state index >= 15 is 0 Å². The molecule has 2 aromatic rings.